The highest BCUT2D eigenvalue weighted by Crippen LogP contribution is 2.38. The molecule has 0 bridgehead atoms. The van der Waals surface area contributed by atoms with Gasteiger partial charge in [-0.25, -0.2) is 4.39 Å². The van der Waals surface area contributed by atoms with E-state index in [0.717, 1.165) is 0 Å². The van der Waals surface area contributed by atoms with E-state index in [1.807, 2.05) is 0 Å². The summed E-state index contributed by atoms with van der Waals surface area (Å²) in [6.45, 7) is 0.826. The lowest BCUT2D eigenvalue weighted by Crippen LogP contribution is -2.52. The van der Waals surface area contributed by atoms with Crippen molar-refractivity contribution in [1.29, 1.82) is 0 Å². The molecule has 1 saturated heterocycles. The van der Waals surface area contributed by atoms with Crippen LogP contribution in [0.3, 0.4) is 0 Å². The van der Waals surface area contributed by atoms with Crippen molar-refractivity contribution < 1.29 is 14.2 Å². The molecule has 0 amide bonds. The molecule has 82 valence electrons. The van der Waals surface area contributed by atoms with Crippen LogP contribution >= 0.6 is 0 Å². The maximum Gasteiger partial charge on any atom is 0.123 e. The van der Waals surface area contributed by atoms with Crippen molar-refractivity contribution in [2.24, 2.45) is 11.1 Å². The molecule has 0 aliphatic carbocycles. The van der Waals surface area contributed by atoms with Crippen LogP contribution in [0.2, 0.25) is 0 Å². The number of hydrogen-bond acceptors (Lipinski definition) is 3. The Morgan fingerprint density at radius 1 is 1.53 bits per heavy atom. The minimum absolute atomic E-state index is 0.0370. The van der Waals surface area contributed by atoms with Crippen LogP contribution in [0, 0.1) is 11.2 Å². The number of aliphatic hydroxyl groups is 1. The summed E-state index contributed by atoms with van der Waals surface area (Å²) in [5.74, 6) is -0.309. The summed E-state index contributed by atoms with van der Waals surface area (Å²) in [7, 11) is 0. The highest BCUT2D eigenvalue weighted by molar-refractivity contribution is 5.23. The van der Waals surface area contributed by atoms with Crippen molar-refractivity contribution in [1.82, 2.24) is 0 Å². The zero-order chi connectivity index (χ0) is 10.9. The first kappa shape index (κ1) is 10.5. The van der Waals surface area contributed by atoms with Crippen LogP contribution in [0.25, 0.3) is 0 Å². The van der Waals surface area contributed by atoms with E-state index < -0.39 is 5.41 Å². The Balaban J connectivity index is 2.23. The molecule has 1 aromatic carbocycles. The molecule has 3 nitrogen and oxygen atoms in total. The van der Waals surface area contributed by atoms with Crippen LogP contribution in [0.4, 0.5) is 4.39 Å². The van der Waals surface area contributed by atoms with Gasteiger partial charge < -0.3 is 15.6 Å². The third-order valence-corrected chi connectivity index (χ3v) is 2.96. The summed E-state index contributed by atoms with van der Waals surface area (Å²) in [6, 6.07) is 5.78. The smallest absolute Gasteiger partial charge is 0.123 e. The highest BCUT2D eigenvalue weighted by atomic mass is 19.1. The predicted octanol–water partition coefficient (Wildman–Crippen LogP) is 0.834. The average Bonchev–Trinajstić information content (AvgIpc) is 2.17. The van der Waals surface area contributed by atoms with Gasteiger partial charge in [-0.3, -0.25) is 0 Å². The van der Waals surface area contributed by atoms with Gasteiger partial charge in [0.05, 0.1) is 25.2 Å². The molecule has 1 aromatic rings. The molecule has 2 rings (SSSR count). The molecule has 0 aromatic heterocycles. The molecule has 1 aliphatic rings. The van der Waals surface area contributed by atoms with Gasteiger partial charge in [0.1, 0.15) is 5.82 Å². The van der Waals surface area contributed by atoms with Crippen molar-refractivity contribution in [2.75, 3.05) is 19.8 Å². The van der Waals surface area contributed by atoms with E-state index in [-0.39, 0.29) is 18.5 Å². The maximum atomic E-state index is 13.0. The highest BCUT2D eigenvalue weighted by Gasteiger charge is 2.44. The lowest BCUT2D eigenvalue weighted by atomic mass is 9.76. The molecule has 1 fully saturated rings. The fourth-order valence-corrected chi connectivity index (χ4v) is 1.79. The van der Waals surface area contributed by atoms with E-state index in [9.17, 15) is 9.50 Å². The Morgan fingerprint density at radius 2 is 2.27 bits per heavy atom. The summed E-state index contributed by atoms with van der Waals surface area (Å²) < 4.78 is 18.1. The van der Waals surface area contributed by atoms with Crippen molar-refractivity contribution in [2.45, 2.75) is 6.04 Å². The molecule has 3 N–H and O–H groups in total. The molecule has 15 heavy (non-hydrogen) atoms. The van der Waals surface area contributed by atoms with Crippen molar-refractivity contribution in [3.63, 3.8) is 0 Å². The fraction of sp³-hybridized carbons (Fsp3) is 0.455. The van der Waals surface area contributed by atoms with Crippen LogP contribution in [0.1, 0.15) is 11.6 Å². The summed E-state index contributed by atoms with van der Waals surface area (Å²) in [6.07, 6.45) is 0. The lowest BCUT2D eigenvalue weighted by Gasteiger charge is -2.44. The van der Waals surface area contributed by atoms with Gasteiger partial charge in [-0.15, -0.1) is 0 Å². The summed E-state index contributed by atoms with van der Waals surface area (Å²) in [4.78, 5) is 0. The van der Waals surface area contributed by atoms with Crippen molar-refractivity contribution in [3.8, 4) is 0 Å². The molecular weight excluding hydrogens is 197 g/mol. The first-order valence-corrected chi connectivity index (χ1v) is 4.88. The van der Waals surface area contributed by atoms with Crippen molar-refractivity contribution >= 4 is 0 Å². The maximum absolute atomic E-state index is 13.0. The van der Waals surface area contributed by atoms with Crippen LogP contribution in [-0.2, 0) is 4.74 Å². The second-order valence-electron chi connectivity index (χ2n) is 4.05. The largest absolute Gasteiger partial charge is 0.396 e. The molecule has 1 aliphatic heterocycles. The molecular formula is C11H14FNO2. The van der Waals surface area contributed by atoms with Crippen LogP contribution in [-0.4, -0.2) is 24.9 Å². The zero-order valence-electron chi connectivity index (χ0n) is 8.32. The zero-order valence-corrected chi connectivity index (χ0v) is 8.32. The number of benzene rings is 1. The number of halogens is 1. The van der Waals surface area contributed by atoms with E-state index in [4.69, 9.17) is 10.5 Å². The van der Waals surface area contributed by atoms with Gasteiger partial charge in [0.15, 0.2) is 0 Å². The Labute approximate surface area is 87.7 Å². The summed E-state index contributed by atoms with van der Waals surface area (Å²) in [5, 5.41) is 9.28. The van der Waals surface area contributed by atoms with Crippen LogP contribution < -0.4 is 5.73 Å². The monoisotopic (exact) mass is 211 g/mol. The standard InChI is InChI=1S/C11H14FNO2/c12-9-3-1-2-8(4-9)10(13)11(5-14)6-15-7-11/h1-4,10,14H,5-7,13H2. The molecule has 0 radical (unpaired) electrons. The average molecular weight is 211 g/mol. The van der Waals surface area contributed by atoms with Gasteiger partial charge in [0, 0.05) is 6.04 Å². The van der Waals surface area contributed by atoms with E-state index >= 15 is 0 Å². The third-order valence-electron chi connectivity index (χ3n) is 2.96. The second-order valence-corrected chi connectivity index (χ2v) is 4.05. The van der Waals surface area contributed by atoms with Gasteiger partial charge in [-0.2, -0.15) is 0 Å². The molecule has 1 heterocycles. The number of hydrogen-bond donors (Lipinski definition) is 2. The topological polar surface area (TPSA) is 55.5 Å². The molecule has 0 spiro atoms. The minimum atomic E-state index is -0.437. The number of aliphatic hydroxyl groups excluding tert-OH is 1. The first-order chi connectivity index (χ1) is 7.18. The van der Waals surface area contributed by atoms with E-state index in [2.05, 4.69) is 0 Å². The number of nitrogens with two attached hydrogens (primary N) is 1. The third kappa shape index (κ3) is 1.76. The molecule has 1 atom stereocenters. The molecule has 0 saturated carbocycles. The SMILES string of the molecule is NC(c1cccc(F)c1)C1(CO)COC1. The summed E-state index contributed by atoms with van der Waals surface area (Å²) >= 11 is 0. The minimum Gasteiger partial charge on any atom is -0.396 e. The van der Waals surface area contributed by atoms with Gasteiger partial charge in [0.25, 0.3) is 0 Å². The Hall–Kier alpha value is -0.970. The van der Waals surface area contributed by atoms with E-state index in [0.29, 0.717) is 18.8 Å². The normalized spacial score (nSPS) is 20.7. The van der Waals surface area contributed by atoms with Crippen LogP contribution in [0.15, 0.2) is 24.3 Å². The Kier molecular flexibility index (Phi) is 2.73. The van der Waals surface area contributed by atoms with E-state index in [1.165, 1.54) is 12.1 Å². The van der Waals surface area contributed by atoms with Gasteiger partial charge in [-0.05, 0) is 17.7 Å². The quantitative estimate of drug-likeness (QED) is 0.778. The molecule has 4 heteroatoms. The summed E-state index contributed by atoms with van der Waals surface area (Å²) in [5.41, 5.74) is 6.27. The molecule has 1 unspecified atom stereocenters. The first-order valence-electron chi connectivity index (χ1n) is 4.88. The second kappa shape index (κ2) is 3.89. The fourth-order valence-electron chi connectivity index (χ4n) is 1.79. The lowest BCUT2D eigenvalue weighted by molar-refractivity contribution is -0.150. The Morgan fingerprint density at radius 3 is 2.73 bits per heavy atom. The van der Waals surface area contributed by atoms with Gasteiger partial charge in [-0.1, -0.05) is 12.1 Å². The predicted molar refractivity (Wildman–Crippen MR) is 53.7 cm³/mol. The number of ether oxygens (including phenoxy) is 1. The van der Waals surface area contributed by atoms with Crippen LogP contribution in [0.5, 0.6) is 0 Å². The van der Waals surface area contributed by atoms with Gasteiger partial charge >= 0.3 is 0 Å². The van der Waals surface area contributed by atoms with Gasteiger partial charge in [0.2, 0.25) is 0 Å². The van der Waals surface area contributed by atoms with Crippen molar-refractivity contribution in [3.05, 3.63) is 35.6 Å². The van der Waals surface area contributed by atoms with E-state index in [1.54, 1.807) is 12.1 Å². The Bertz CT molecular complexity index is 347. The number of rotatable bonds is 3.